The number of rotatable bonds is 5. The minimum absolute atomic E-state index is 0.101. The van der Waals surface area contributed by atoms with E-state index in [0.717, 1.165) is 5.56 Å². The average Bonchev–Trinajstić information content (AvgIpc) is 2.53. The number of amides is 1. The summed E-state index contributed by atoms with van der Waals surface area (Å²) < 4.78 is 0. The zero-order chi connectivity index (χ0) is 15.9. The van der Waals surface area contributed by atoms with Crippen LogP contribution in [0.4, 0.5) is 5.69 Å². The van der Waals surface area contributed by atoms with Crippen LogP contribution in [0.2, 0.25) is 5.02 Å². The second-order valence-electron chi connectivity index (χ2n) is 5.02. The highest BCUT2D eigenvalue weighted by molar-refractivity contribution is 6.30. The second-order valence-corrected chi connectivity index (χ2v) is 5.46. The van der Waals surface area contributed by atoms with E-state index in [1.807, 2.05) is 42.6 Å². The van der Waals surface area contributed by atoms with E-state index in [4.69, 9.17) is 16.9 Å². The van der Waals surface area contributed by atoms with Gasteiger partial charge in [0.2, 0.25) is 0 Å². The molecule has 2 aromatic carbocycles. The van der Waals surface area contributed by atoms with Gasteiger partial charge in [-0.2, -0.15) is 5.26 Å². The smallest absolute Gasteiger partial charge is 0.279 e. The van der Waals surface area contributed by atoms with Gasteiger partial charge in [-0.25, -0.2) is 0 Å². The van der Waals surface area contributed by atoms with E-state index in [1.54, 1.807) is 24.3 Å². The number of carbonyl (C=O) groups excluding carboxylic acids is 1. The summed E-state index contributed by atoms with van der Waals surface area (Å²) in [6.45, 7) is 2.34. The van der Waals surface area contributed by atoms with E-state index < -0.39 is 0 Å². The predicted octanol–water partition coefficient (Wildman–Crippen LogP) is 2.47. The molecule has 0 unspecified atom stereocenters. The molecule has 0 saturated carbocycles. The first-order valence-electron chi connectivity index (χ1n) is 6.97. The Morgan fingerprint density at radius 2 is 2.05 bits per heavy atom. The quantitative estimate of drug-likeness (QED) is 0.890. The van der Waals surface area contributed by atoms with Crippen LogP contribution in [0.3, 0.4) is 0 Å². The summed E-state index contributed by atoms with van der Waals surface area (Å²) in [5.41, 5.74) is 2.27. The summed E-state index contributed by atoms with van der Waals surface area (Å²) in [5, 5.41) is 14.3. The van der Waals surface area contributed by atoms with Gasteiger partial charge in [0, 0.05) is 16.3 Å². The fourth-order valence-corrected chi connectivity index (χ4v) is 2.19. The highest BCUT2D eigenvalue weighted by Gasteiger charge is 2.11. The van der Waals surface area contributed by atoms with Crippen LogP contribution >= 0.6 is 11.6 Å². The molecule has 5 heteroatoms. The lowest BCUT2D eigenvalue weighted by Gasteiger charge is -2.11. The zero-order valence-corrected chi connectivity index (χ0v) is 13.0. The standard InChI is InChI=1S/C17H16ClN3O/c1-12(14-5-7-15(18)8-6-14)20-11-17(22)21-16-4-2-3-13(9-16)10-19/h2-9,12,20H,11H2,1H3,(H,21,22)/p+1/t12-/m1/s1. The molecule has 0 spiro atoms. The Morgan fingerprint density at radius 1 is 1.32 bits per heavy atom. The Kier molecular flexibility index (Phi) is 5.54. The normalized spacial score (nSPS) is 11.5. The molecule has 3 N–H and O–H groups in total. The third-order valence-corrected chi connectivity index (χ3v) is 3.58. The van der Waals surface area contributed by atoms with Crippen molar-refractivity contribution in [1.82, 2.24) is 0 Å². The van der Waals surface area contributed by atoms with Crippen molar-refractivity contribution in [1.29, 1.82) is 5.26 Å². The molecular formula is C17H17ClN3O+. The maximum Gasteiger partial charge on any atom is 0.279 e. The van der Waals surface area contributed by atoms with Gasteiger partial charge in [-0.3, -0.25) is 4.79 Å². The third kappa shape index (κ3) is 4.59. The summed E-state index contributed by atoms with van der Waals surface area (Å²) in [7, 11) is 0. The highest BCUT2D eigenvalue weighted by atomic mass is 35.5. The summed E-state index contributed by atoms with van der Waals surface area (Å²) in [6, 6.07) is 16.7. The molecule has 0 heterocycles. The van der Waals surface area contributed by atoms with Crippen molar-refractivity contribution in [3.63, 3.8) is 0 Å². The van der Waals surface area contributed by atoms with Gasteiger partial charge in [-0.1, -0.05) is 29.8 Å². The first-order valence-corrected chi connectivity index (χ1v) is 7.35. The molecule has 0 radical (unpaired) electrons. The van der Waals surface area contributed by atoms with Crippen molar-refractivity contribution >= 4 is 23.2 Å². The molecule has 112 valence electrons. The minimum Gasteiger partial charge on any atom is -0.333 e. The predicted molar refractivity (Wildman–Crippen MR) is 86.4 cm³/mol. The van der Waals surface area contributed by atoms with Gasteiger partial charge < -0.3 is 10.6 Å². The Morgan fingerprint density at radius 3 is 2.73 bits per heavy atom. The number of halogens is 1. The number of benzene rings is 2. The molecule has 2 aromatic rings. The number of hydrogen-bond donors (Lipinski definition) is 2. The van der Waals surface area contributed by atoms with Crippen molar-refractivity contribution in [3.8, 4) is 6.07 Å². The van der Waals surface area contributed by atoms with Crippen LogP contribution < -0.4 is 10.6 Å². The molecule has 0 aliphatic heterocycles. The van der Waals surface area contributed by atoms with Crippen LogP contribution in [0.5, 0.6) is 0 Å². The number of quaternary nitrogens is 1. The zero-order valence-electron chi connectivity index (χ0n) is 12.2. The molecule has 0 bridgehead atoms. The molecule has 2 rings (SSSR count). The van der Waals surface area contributed by atoms with Crippen LogP contribution in [0, 0.1) is 11.3 Å². The number of nitrogens with two attached hydrogens (primary N) is 1. The highest BCUT2D eigenvalue weighted by Crippen LogP contribution is 2.13. The number of nitrogens with zero attached hydrogens (tertiary/aromatic N) is 1. The molecule has 0 aliphatic rings. The fourth-order valence-electron chi connectivity index (χ4n) is 2.06. The van der Waals surface area contributed by atoms with Crippen molar-refractivity contribution in [2.75, 3.05) is 11.9 Å². The molecule has 0 fully saturated rings. The fraction of sp³-hybridized carbons (Fsp3) is 0.176. The summed E-state index contributed by atoms with van der Waals surface area (Å²) >= 11 is 5.86. The lowest BCUT2D eigenvalue weighted by atomic mass is 10.1. The van der Waals surface area contributed by atoms with E-state index in [2.05, 4.69) is 5.32 Å². The topological polar surface area (TPSA) is 69.5 Å². The third-order valence-electron chi connectivity index (χ3n) is 3.33. The van der Waals surface area contributed by atoms with Gasteiger partial charge in [0.05, 0.1) is 11.6 Å². The van der Waals surface area contributed by atoms with Crippen molar-refractivity contribution in [2.24, 2.45) is 0 Å². The first kappa shape index (κ1) is 16.0. The number of carbonyl (C=O) groups is 1. The maximum atomic E-state index is 12.0. The summed E-state index contributed by atoms with van der Waals surface area (Å²) in [4.78, 5) is 12.0. The molecule has 1 atom stereocenters. The van der Waals surface area contributed by atoms with Gasteiger partial charge in [-0.15, -0.1) is 0 Å². The number of nitrogens with one attached hydrogen (secondary N) is 1. The van der Waals surface area contributed by atoms with Crippen LogP contribution in [0.15, 0.2) is 48.5 Å². The van der Waals surface area contributed by atoms with Gasteiger partial charge >= 0.3 is 0 Å². The van der Waals surface area contributed by atoms with E-state index in [1.165, 1.54) is 0 Å². The molecule has 22 heavy (non-hydrogen) atoms. The van der Waals surface area contributed by atoms with E-state index >= 15 is 0 Å². The first-order chi connectivity index (χ1) is 10.6. The molecule has 4 nitrogen and oxygen atoms in total. The number of anilines is 1. The molecular weight excluding hydrogens is 298 g/mol. The van der Waals surface area contributed by atoms with Crippen molar-refractivity contribution < 1.29 is 10.1 Å². The Bertz CT molecular complexity index is 692. The Labute approximate surface area is 134 Å². The van der Waals surface area contributed by atoms with Crippen LogP contribution in [-0.2, 0) is 4.79 Å². The van der Waals surface area contributed by atoms with Crippen LogP contribution in [0.25, 0.3) is 0 Å². The lowest BCUT2D eigenvalue weighted by molar-refractivity contribution is -0.682. The summed E-state index contributed by atoms with van der Waals surface area (Å²) in [5.74, 6) is -0.101. The largest absolute Gasteiger partial charge is 0.333 e. The van der Waals surface area contributed by atoms with Gasteiger partial charge in [-0.05, 0) is 37.3 Å². The SMILES string of the molecule is C[C@@H]([NH2+]CC(=O)Nc1cccc(C#N)c1)c1ccc(Cl)cc1. The van der Waals surface area contributed by atoms with E-state index in [-0.39, 0.29) is 11.9 Å². The van der Waals surface area contributed by atoms with Crippen LogP contribution in [-0.4, -0.2) is 12.5 Å². The monoisotopic (exact) mass is 314 g/mol. The number of hydrogen-bond acceptors (Lipinski definition) is 2. The molecule has 0 aliphatic carbocycles. The molecule has 1 amide bonds. The van der Waals surface area contributed by atoms with Gasteiger partial charge in [0.25, 0.3) is 5.91 Å². The Hall–Kier alpha value is -2.35. The molecule has 0 saturated heterocycles. The van der Waals surface area contributed by atoms with E-state index in [0.29, 0.717) is 22.8 Å². The number of nitriles is 1. The second kappa shape index (κ2) is 7.60. The summed E-state index contributed by atoms with van der Waals surface area (Å²) in [6.07, 6.45) is 0. The van der Waals surface area contributed by atoms with Gasteiger partial charge in [0.1, 0.15) is 6.04 Å². The maximum absolute atomic E-state index is 12.0. The van der Waals surface area contributed by atoms with Crippen LogP contribution in [0.1, 0.15) is 24.1 Å². The lowest BCUT2D eigenvalue weighted by Crippen LogP contribution is -2.86. The average molecular weight is 315 g/mol. The van der Waals surface area contributed by atoms with Crippen molar-refractivity contribution in [3.05, 3.63) is 64.7 Å². The molecule has 0 aromatic heterocycles. The Balaban J connectivity index is 1.87. The van der Waals surface area contributed by atoms with E-state index in [9.17, 15) is 4.79 Å². The minimum atomic E-state index is -0.101. The van der Waals surface area contributed by atoms with Crippen molar-refractivity contribution in [2.45, 2.75) is 13.0 Å². The van der Waals surface area contributed by atoms with Gasteiger partial charge in [0.15, 0.2) is 6.54 Å².